The Bertz CT molecular complexity index is 486. The molecule has 0 bridgehead atoms. The van der Waals surface area contributed by atoms with Crippen LogP contribution in [0.4, 0.5) is 11.4 Å². The summed E-state index contributed by atoms with van der Waals surface area (Å²) in [5, 5.41) is 3.39. The Morgan fingerprint density at radius 1 is 1.06 bits per heavy atom. The van der Waals surface area contributed by atoms with Crippen molar-refractivity contribution < 1.29 is 0 Å². The van der Waals surface area contributed by atoms with Gasteiger partial charge in [-0.1, -0.05) is 6.07 Å². The fraction of sp³-hybridized carbons (Fsp3) is 0.267. The second-order valence-electron chi connectivity index (χ2n) is 4.60. The summed E-state index contributed by atoms with van der Waals surface area (Å²) in [6.45, 7) is 2.80. The first-order valence-corrected chi connectivity index (χ1v) is 6.08. The summed E-state index contributed by atoms with van der Waals surface area (Å²) >= 11 is 0. The Morgan fingerprint density at radius 3 is 2.33 bits per heavy atom. The molecule has 2 aromatic rings. The fourth-order valence-electron chi connectivity index (χ4n) is 1.68. The second-order valence-corrected chi connectivity index (χ2v) is 4.60. The first kappa shape index (κ1) is 12.4. The lowest BCUT2D eigenvalue weighted by atomic mass is 10.2. The minimum absolute atomic E-state index is 0.800. The van der Waals surface area contributed by atoms with E-state index >= 15 is 0 Å². The van der Waals surface area contributed by atoms with Crippen molar-refractivity contribution in [1.29, 1.82) is 0 Å². The lowest BCUT2D eigenvalue weighted by molar-refractivity contribution is 1.08. The summed E-state index contributed by atoms with van der Waals surface area (Å²) in [6, 6.07) is 12.5. The van der Waals surface area contributed by atoms with Crippen molar-refractivity contribution in [3.63, 3.8) is 0 Å². The molecule has 0 saturated heterocycles. The van der Waals surface area contributed by atoms with E-state index in [0.717, 1.165) is 17.9 Å². The van der Waals surface area contributed by atoms with Crippen LogP contribution in [0.15, 0.2) is 42.6 Å². The van der Waals surface area contributed by atoms with E-state index in [2.05, 4.69) is 45.5 Å². The molecule has 1 aromatic carbocycles. The molecule has 0 atom stereocenters. The lowest BCUT2D eigenvalue weighted by Crippen LogP contribution is -2.08. The third-order valence-electron chi connectivity index (χ3n) is 2.85. The predicted octanol–water partition coefficient (Wildman–Crippen LogP) is 3.07. The third kappa shape index (κ3) is 3.23. The van der Waals surface area contributed by atoms with Crippen molar-refractivity contribution in [2.24, 2.45) is 0 Å². The van der Waals surface area contributed by atoms with Gasteiger partial charge in [-0.3, -0.25) is 4.98 Å². The first-order valence-electron chi connectivity index (χ1n) is 6.08. The lowest BCUT2D eigenvalue weighted by Gasteiger charge is -2.13. The van der Waals surface area contributed by atoms with E-state index < -0.39 is 0 Å². The zero-order valence-electron chi connectivity index (χ0n) is 11.1. The van der Waals surface area contributed by atoms with E-state index in [1.807, 2.05) is 33.3 Å². The molecule has 0 fully saturated rings. The number of aryl methyl sites for hydroxylation is 1. The van der Waals surface area contributed by atoms with Crippen LogP contribution in [-0.4, -0.2) is 19.1 Å². The van der Waals surface area contributed by atoms with E-state index in [4.69, 9.17) is 0 Å². The zero-order valence-corrected chi connectivity index (χ0v) is 11.1. The van der Waals surface area contributed by atoms with Gasteiger partial charge in [0.05, 0.1) is 0 Å². The molecule has 0 spiro atoms. The normalized spacial score (nSPS) is 10.2. The van der Waals surface area contributed by atoms with Crippen molar-refractivity contribution in [2.75, 3.05) is 24.3 Å². The van der Waals surface area contributed by atoms with Gasteiger partial charge in [0.15, 0.2) is 0 Å². The Kier molecular flexibility index (Phi) is 3.82. The summed E-state index contributed by atoms with van der Waals surface area (Å²) in [5.74, 6) is 0. The van der Waals surface area contributed by atoms with Crippen molar-refractivity contribution in [3.8, 4) is 0 Å². The molecule has 0 unspecified atom stereocenters. The molecule has 0 amide bonds. The summed E-state index contributed by atoms with van der Waals surface area (Å²) in [5.41, 5.74) is 4.57. The van der Waals surface area contributed by atoms with Crippen LogP contribution in [0.5, 0.6) is 0 Å². The molecule has 94 valence electrons. The number of hydrogen-bond acceptors (Lipinski definition) is 3. The van der Waals surface area contributed by atoms with Gasteiger partial charge in [0.2, 0.25) is 0 Å². The molecular formula is C15H19N3. The minimum atomic E-state index is 0.800. The molecule has 0 aliphatic heterocycles. The fourth-order valence-corrected chi connectivity index (χ4v) is 1.68. The van der Waals surface area contributed by atoms with Crippen LogP contribution in [0, 0.1) is 6.92 Å². The van der Waals surface area contributed by atoms with Gasteiger partial charge in [0.25, 0.3) is 0 Å². The molecule has 0 radical (unpaired) electrons. The van der Waals surface area contributed by atoms with Gasteiger partial charge < -0.3 is 10.2 Å². The molecule has 1 aromatic heterocycles. The third-order valence-corrected chi connectivity index (χ3v) is 2.85. The van der Waals surface area contributed by atoms with Crippen LogP contribution in [0.3, 0.4) is 0 Å². The maximum atomic E-state index is 4.28. The molecule has 0 aliphatic rings. The highest BCUT2D eigenvalue weighted by molar-refractivity contribution is 5.54. The standard InChI is InChI=1S/C15H19N3/c1-12-4-5-13(10-16-12)11-17-14-6-8-15(9-7-14)18(2)3/h4-10,17H,11H2,1-3H3. The van der Waals surface area contributed by atoms with Crippen molar-refractivity contribution in [2.45, 2.75) is 13.5 Å². The van der Waals surface area contributed by atoms with Crippen LogP contribution < -0.4 is 10.2 Å². The summed E-state index contributed by atoms with van der Waals surface area (Å²) in [7, 11) is 4.08. The number of hydrogen-bond donors (Lipinski definition) is 1. The number of pyridine rings is 1. The molecule has 3 heteroatoms. The second kappa shape index (κ2) is 5.54. The average Bonchev–Trinajstić information content (AvgIpc) is 2.38. The van der Waals surface area contributed by atoms with Gasteiger partial charge in [0.1, 0.15) is 0 Å². The maximum absolute atomic E-state index is 4.28. The summed E-state index contributed by atoms with van der Waals surface area (Å²) in [4.78, 5) is 6.37. The highest BCUT2D eigenvalue weighted by Crippen LogP contribution is 2.16. The Morgan fingerprint density at radius 2 is 1.78 bits per heavy atom. The molecule has 2 rings (SSSR count). The zero-order chi connectivity index (χ0) is 13.0. The van der Waals surface area contributed by atoms with Crippen molar-refractivity contribution >= 4 is 11.4 Å². The number of aromatic nitrogens is 1. The van der Waals surface area contributed by atoms with Crippen LogP contribution in [0.25, 0.3) is 0 Å². The largest absolute Gasteiger partial charge is 0.381 e. The summed E-state index contributed by atoms with van der Waals surface area (Å²) in [6.07, 6.45) is 1.91. The van der Waals surface area contributed by atoms with Gasteiger partial charge >= 0.3 is 0 Å². The minimum Gasteiger partial charge on any atom is -0.381 e. The van der Waals surface area contributed by atoms with Crippen LogP contribution >= 0.6 is 0 Å². The van der Waals surface area contributed by atoms with Gasteiger partial charge in [-0.2, -0.15) is 0 Å². The van der Waals surface area contributed by atoms with Crippen molar-refractivity contribution in [1.82, 2.24) is 4.98 Å². The SMILES string of the molecule is Cc1ccc(CNc2ccc(N(C)C)cc2)cn1. The van der Waals surface area contributed by atoms with Crippen LogP contribution in [-0.2, 0) is 6.54 Å². The topological polar surface area (TPSA) is 28.2 Å². The van der Waals surface area contributed by atoms with Gasteiger partial charge in [-0.05, 0) is 42.8 Å². The predicted molar refractivity (Wildman–Crippen MR) is 77.1 cm³/mol. The van der Waals surface area contributed by atoms with Crippen molar-refractivity contribution in [3.05, 3.63) is 53.9 Å². The Hall–Kier alpha value is -2.03. The van der Waals surface area contributed by atoms with E-state index in [9.17, 15) is 0 Å². The number of rotatable bonds is 4. The number of nitrogens with zero attached hydrogens (tertiary/aromatic N) is 2. The number of nitrogens with one attached hydrogen (secondary N) is 1. The van der Waals surface area contributed by atoms with E-state index in [-0.39, 0.29) is 0 Å². The Balaban J connectivity index is 1.95. The highest BCUT2D eigenvalue weighted by atomic mass is 15.1. The Labute approximate surface area is 108 Å². The molecule has 1 N–H and O–H groups in total. The molecule has 0 saturated carbocycles. The maximum Gasteiger partial charge on any atom is 0.0416 e. The molecule has 1 heterocycles. The van der Waals surface area contributed by atoms with E-state index in [1.54, 1.807) is 0 Å². The first-order chi connectivity index (χ1) is 8.65. The highest BCUT2D eigenvalue weighted by Gasteiger charge is 1.97. The molecular weight excluding hydrogens is 222 g/mol. The number of benzene rings is 1. The van der Waals surface area contributed by atoms with Crippen LogP contribution in [0.1, 0.15) is 11.3 Å². The van der Waals surface area contributed by atoms with Gasteiger partial charge in [0, 0.05) is 43.9 Å². The molecule has 3 nitrogen and oxygen atoms in total. The monoisotopic (exact) mass is 241 g/mol. The van der Waals surface area contributed by atoms with Crippen LogP contribution in [0.2, 0.25) is 0 Å². The van der Waals surface area contributed by atoms with Gasteiger partial charge in [-0.25, -0.2) is 0 Å². The van der Waals surface area contributed by atoms with E-state index in [1.165, 1.54) is 11.3 Å². The quantitative estimate of drug-likeness (QED) is 0.891. The van der Waals surface area contributed by atoms with Gasteiger partial charge in [-0.15, -0.1) is 0 Å². The molecule has 18 heavy (non-hydrogen) atoms. The van der Waals surface area contributed by atoms with E-state index in [0.29, 0.717) is 0 Å². The average molecular weight is 241 g/mol. The number of anilines is 2. The molecule has 0 aliphatic carbocycles. The smallest absolute Gasteiger partial charge is 0.0416 e. The summed E-state index contributed by atoms with van der Waals surface area (Å²) < 4.78 is 0.